The van der Waals surface area contributed by atoms with Crippen LogP contribution in [0.3, 0.4) is 0 Å². The van der Waals surface area contributed by atoms with Crippen LogP contribution in [0.25, 0.3) is 77.2 Å². The first-order valence-electron chi connectivity index (χ1n) is 15.2. The van der Waals surface area contributed by atoms with Crippen LogP contribution in [-0.4, -0.2) is 0 Å². The van der Waals surface area contributed by atoms with Gasteiger partial charge in [0.2, 0.25) is 0 Å². The zero-order chi connectivity index (χ0) is 29.3. The van der Waals surface area contributed by atoms with Gasteiger partial charge in [0.25, 0.3) is 0 Å². The fourth-order valence-corrected chi connectivity index (χ4v) is 6.53. The van der Waals surface area contributed by atoms with Gasteiger partial charge in [-0.3, -0.25) is 0 Å². The quantitative estimate of drug-likeness (QED) is 0.184. The molecule has 44 heavy (non-hydrogen) atoms. The normalized spacial score (nSPS) is 11.2. The molecule has 206 valence electrons. The fraction of sp³-hybridized carbons (Fsp3) is 0. The van der Waals surface area contributed by atoms with Gasteiger partial charge in [0, 0.05) is 0 Å². The van der Waals surface area contributed by atoms with Gasteiger partial charge in [-0.15, -0.1) is 0 Å². The van der Waals surface area contributed by atoms with E-state index in [2.05, 4.69) is 182 Å². The molecule has 0 bridgehead atoms. The lowest BCUT2D eigenvalue weighted by molar-refractivity contribution is 1.59. The summed E-state index contributed by atoms with van der Waals surface area (Å²) < 4.78 is 0. The Morgan fingerprint density at radius 2 is 0.477 bits per heavy atom. The zero-order valence-electron chi connectivity index (χ0n) is 24.3. The Hall–Kier alpha value is -5.72. The van der Waals surface area contributed by atoms with Crippen molar-refractivity contribution in [2.24, 2.45) is 0 Å². The van der Waals surface area contributed by atoms with Crippen molar-refractivity contribution in [2.75, 3.05) is 0 Å². The minimum Gasteiger partial charge on any atom is -0.0622 e. The Labute approximate surface area is 258 Å². The number of benzene rings is 8. The van der Waals surface area contributed by atoms with Gasteiger partial charge >= 0.3 is 0 Å². The second kappa shape index (κ2) is 11.2. The number of fused-ring (bicyclic) bond motifs is 2. The summed E-state index contributed by atoms with van der Waals surface area (Å²) in [5.74, 6) is 0. The van der Waals surface area contributed by atoms with Crippen LogP contribution in [0.1, 0.15) is 0 Å². The highest BCUT2D eigenvalue weighted by Gasteiger charge is 2.17. The van der Waals surface area contributed by atoms with Crippen LogP contribution < -0.4 is 0 Å². The van der Waals surface area contributed by atoms with Gasteiger partial charge in [-0.05, 0) is 83.2 Å². The Kier molecular flexibility index (Phi) is 6.59. The molecule has 0 atom stereocenters. The Bertz CT molecular complexity index is 2210. The summed E-state index contributed by atoms with van der Waals surface area (Å²) >= 11 is 0. The third-order valence-corrected chi connectivity index (χ3v) is 8.69. The molecule has 0 heterocycles. The summed E-state index contributed by atoms with van der Waals surface area (Å²) in [5.41, 5.74) is 12.4. The first-order chi connectivity index (χ1) is 21.8. The summed E-state index contributed by atoms with van der Waals surface area (Å²) in [6, 6.07) is 65.9. The van der Waals surface area contributed by atoms with Crippen molar-refractivity contribution in [3.63, 3.8) is 0 Å². The Morgan fingerprint density at radius 3 is 0.977 bits per heavy atom. The van der Waals surface area contributed by atoms with Crippen molar-refractivity contribution < 1.29 is 0 Å². The molecule has 0 saturated carbocycles. The third-order valence-electron chi connectivity index (χ3n) is 8.69. The second-order valence-electron chi connectivity index (χ2n) is 11.3. The first kappa shape index (κ1) is 25.9. The molecule has 0 heteroatoms. The topological polar surface area (TPSA) is 0 Å². The molecule has 0 nitrogen and oxygen atoms in total. The predicted molar refractivity (Wildman–Crippen MR) is 189 cm³/mol. The van der Waals surface area contributed by atoms with Gasteiger partial charge in [0.15, 0.2) is 0 Å². The van der Waals surface area contributed by atoms with E-state index in [-0.39, 0.29) is 0 Å². The molecule has 0 radical (unpaired) electrons. The van der Waals surface area contributed by atoms with E-state index in [0.29, 0.717) is 0 Å². The van der Waals surface area contributed by atoms with Crippen molar-refractivity contribution in [1.29, 1.82) is 0 Å². The molecular weight excluding hydrogens is 528 g/mol. The lowest BCUT2D eigenvalue weighted by Gasteiger charge is -2.19. The van der Waals surface area contributed by atoms with Crippen LogP contribution in [0.2, 0.25) is 0 Å². The van der Waals surface area contributed by atoms with Crippen LogP contribution in [0.4, 0.5) is 0 Å². The minimum absolute atomic E-state index is 1.22. The molecule has 8 rings (SSSR count). The maximum absolute atomic E-state index is 2.39. The van der Waals surface area contributed by atoms with Gasteiger partial charge in [-0.25, -0.2) is 0 Å². The number of hydrogen-bond donors (Lipinski definition) is 0. The lowest BCUT2D eigenvalue weighted by atomic mass is 9.84. The van der Waals surface area contributed by atoms with Crippen LogP contribution >= 0.6 is 0 Å². The van der Waals surface area contributed by atoms with Crippen LogP contribution in [0.15, 0.2) is 182 Å². The van der Waals surface area contributed by atoms with E-state index in [1.54, 1.807) is 0 Å². The Morgan fingerprint density at radius 1 is 0.182 bits per heavy atom. The fourth-order valence-electron chi connectivity index (χ4n) is 6.53. The zero-order valence-corrected chi connectivity index (χ0v) is 24.3. The van der Waals surface area contributed by atoms with E-state index < -0.39 is 0 Å². The highest BCUT2D eigenvalue weighted by atomic mass is 14.2. The van der Waals surface area contributed by atoms with Crippen molar-refractivity contribution in [1.82, 2.24) is 0 Å². The highest BCUT2D eigenvalue weighted by Crippen LogP contribution is 2.45. The van der Waals surface area contributed by atoms with E-state index in [1.807, 2.05) is 0 Å². The average molecular weight is 559 g/mol. The first-order valence-corrected chi connectivity index (χ1v) is 15.2. The third kappa shape index (κ3) is 4.68. The molecule has 0 aliphatic rings. The van der Waals surface area contributed by atoms with Gasteiger partial charge in [0.1, 0.15) is 0 Å². The average Bonchev–Trinajstić information content (AvgIpc) is 3.11. The summed E-state index contributed by atoms with van der Waals surface area (Å²) in [6.45, 7) is 0. The van der Waals surface area contributed by atoms with Gasteiger partial charge in [0.05, 0.1) is 0 Å². The molecule has 0 fully saturated rings. The van der Waals surface area contributed by atoms with Crippen LogP contribution in [0.5, 0.6) is 0 Å². The molecule has 0 aromatic heterocycles. The largest absolute Gasteiger partial charge is 0.0622 e. The molecular formula is C44H30. The van der Waals surface area contributed by atoms with E-state index in [0.717, 1.165) is 0 Å². The van der Waals surface area contributed by atoms with Crippen LogP contribution in [0, 0.1) is 0 Å². The molecule has 8 aromatic rings. The summed E-state index contributed by atoms with van der Waals surface area (Å²) in [7, 11) is 0. The molecule has 0 amide bonds. The second-order valence-corrected chi connectivity index (χ2v) is 11.3. The van der Waals surface area contributed by atoms with E-state index in [9.17, 15) is 0 Å². The van der Waals surface area contributed by atoms with E-state index in [1.165, 1.54) is 77.2 Å². The lowest BCUT2D eigenvalue weighted by Crippen LogP contribution is -1.92. The Balaban J connectivity index is 1.35. The van der Waals surface area contributed by atoms with E-state index >= 15 is 0 Å². The summed E-state index contributed by atoms with van der Waals surface area (Å²) in [5, 5.41) is 5.07. The molecule has 0 N–H and O–H groups in total. The number of rotatable bonds is 5. The van der Waals surface area contributed by atoms with Gasteiger partial charge < -0.3 is 0 Å². The monoisotopic (exact) mass is 558 g/mol. The predicted octanol–water partition coefficient (Wildman–Crippen LogP) is 12.3. The summed E-state index contributed by atoms with van der Waals surface area (Å²) in [4.78, 5) is 0. The standard InChI is InChI=1S/C44H30/c1-4-12-31(13-5-1)33-20-22-35(23-21-33)38-28-29-41-42(30-38)44(36-16-8-3-9-17-36)40-19-11-10-18-39(40)43(41)37-26-24-34(25-27-37)32-14-6-2-7-15-32/h1-30H. The van der Waals surface area contributed by atoms with Crippen molar-refractivity contribution in [2.45, 2.75) is 0 Å². The maximum atomic E-state index is 2.39. The summed E-state index contributed by atoms with van der Waals surface area (Å²) in [6.07, 6.45) is 0. The van der Waals surface area contributed by atoms with Gasteiger partial charge in [-0.2, -0.15) is 0 Å². The highest BCUT2D eigenvalue weighted by molar-refractivity contribution is 6.22. The van der Waals surface area contributed by atoms with Gasteiger partial charge in [-0.1, -0.05) is 176 Å². The molecule has 0 aliphatic carbocycles. The molecule has 8 aromatic carbocycles. The van der Waals surface area contributed by atoms with Crippen molar-refractivity contribution in [3.8, 4) is 55.6 Å². The SMILES string of the molecule is c1ccc(-c2ccc(-c3ccc4c(-c5ccc(-c6ccccc6)cc5)c5ccccc5c(-c5ccccc5)c4c3)cc2)cc1. The maximum Gasteiger partial charge on any atom is -0.00262 e. The number of hydrogen-bond acceptors (Lipinski definition) is 0. The van der Waals surface area contributed by atoms with E-state index in [4.69, 9.17) is 0 Å². The molecule has 0 saturated heterocycles. The molecule has 0 aliphatic heterocycles. The minimum atomic E-state index is 1.22. The smallest absolute Gasteiger partial charge is 0.00262 e. The van der Waals surface area contributed by atoms with Crippen LogP contribution in [-0.2, 0) is 0 Å². The van der Waals surface area contributed by atoms with Crippen molar-refractivity contribution >= 4 is 21.5 Å². The molecule has 0 unspecified atom stereocenters. The molecule has 0 spiro atoms. The van der Waals surface area contributed by atoms with Crippen molar-refractivity contribution in [3.05, 3.63) is 182 Å².